The number of aliphatic hydroxyl groups is 1. The fourth-order valence-electron chi connectivity index (χ4n) is 4.07. The van der Waals surface area contributed by atoms with Crippen LogP contribution >= 0.6 is 0 Å². The summed E-state index contributed by atoms with van der Waals surface area (Å²) in [7, 11) is 1.58. The summed E-state index contributed by atoms with van der Waals surface area (Å²) in [4.78, 5) is 8.59. The number of aromatic nitrogens is 5. The van der Waals surface area contributed by atoms with E-state index in [9.17, 15) is 18.3 Å². The van der Waals surface area contributed by atoms with Crippen molar-refractivity contribution in [3.63, 3.8) is 0 Å². The summed E-state index contributed by atoms with van der Waals surface area (Å²) in [5, 5.41) is 15.5. The number of benzene rings is 2. The molecule has 0 radical (unpaired) electrons. The zero-order valence-corrected chi connectivity index (χ0v) is 18.3. The van der Waals surface area contributed by atoms with Gasteiger partial charge in [-0.2, -0.15) is 5.10 Å². The molecule has 0 fully saturated rings. The van der Waals surface area contributed by atoms with Crippen molar-refractivity contribution in [2.24, 2.45) is 0 Å². The molecular formula is C24H20F3N5O2. The van der Waals surface area contributed by atoms with Crippen molar-refractivity contribution in [1.29, 1.82) is 0 Å². The van der Waals surface area contributed by atoms with Gasteiger partial charge in [0.15, 0.2) is 34.7 Å². The van der Waals surface area contributed by atoms with Crippen molar-refractivity contribution in [3.8, 4) is 11.4 Å². The van der Waals surface area contributed by atoms with Gasteiger partial charge in [-0.1, -0.05) is 12.1 Å². The molecule has 10 heteroatoms. The highest BCUT2D eigenvalue weighted by Crippen LogP contribution is 2.38. The van der Waals surface area contributed by atoms with E-state index in [1.807, 2.05) is 35.9 Å². The van der Waals surface area contributed by atoms with E-state index in [-0.39, 0.29) is 17.8 Å². The summed E-state index contributed by atoms with van der Waals surface area (Å²) in [5.41, 5.74) is 0.660. The van der Waals surface area contributed by atoms with E-state index in [0.717, 1.165) is 29.1 Å². The van der Waals surface area contributed by atoms with Crippen molar-refractivity contribution in [2.45, 2.75) is 25.5 Å². The monoisotopic (exact) mass is 467 g/mol. The Bertz CT molecular complexity index is 1400. The van der Waals surface area contributed by atoms with Gasteiger partial charge >= 0.3 is 0 Å². The Morgan fingerprint density at radius 3 is 2.56 bits per heavy atom. The molecule has 0 unspecified atom stereocenters. The number of imidazole rings is 1. The first-order valence-corrected chi connectivity index (χ1v) is 10.5. The lowest BCUT2D eigenvalue weighted by Gasteiger charge is -2.21. The molecule has 174 valence electrons. The van der Waals surface area contributed by atoms with Crippen LogP contribution < -0.4 is 4.74 Å². The van der Waals surface area contributed by atoms with E-state index in [1.54, 1.807) is 25.6 Å². The summed E-state index contributed by atoms with van der Waals surface area (Å²) in [6, 6.07) is 7.22. The molecule has 0 amide bonds. The average molecular weight is 467 g/mol. The molecule has 2 aromatic carbocycles. The number of hydrogen-bond donors (Lipinski definition) is 1. The SMILES string of the molecule is COc1cc(/C=C/c2nc3n(n2)CC[C@]3(O)c2cc(F)c(F)c(F)c2)ccc1-n1cnc(C)c1. The molecule has 0 saturated heterocycles. The van der Waals surface area contributed by atoms with Gasteiger partial charge in [-0.3, -0.25) is 0 Å². The maximum absolute atomic E-state index is 13.8. The number of halogens is 3. The second-order valence-electron chi connectivity index (χ2n) is 8.07. The van der Waals surface area contributed by atoms with Gasteiger partial charge in [-0.25, -0.2) is 27.8 Å². The number of nitrogens with zero attached hydrogens (tertiary/aromatic N) is 5. The molecular weight excluding hydrogens is 447 g/mol. The second-order valence-corrected chi connectivity index (χ2v) is 8.07. The van der Waals surface area contributed by atoms with Crippen molar-refractivity contribution >= 4 is 12.2 Å². The second kappa shape index (κ2) is 8.14. The first kappa shape index (κ1) is 21.9. The van der Waals surface area contributed by atoms with Crippen molar-refractivity contribution in [2.75, 3.05) is 7.11 Å². The smallest absolute Gasteiger partial charge is 0.194 e. The van der Waals surface area contributed by atoms with Gasteiger partial charge in [0.25, 0.3) is 0 Å². The minimum absolute atomic E-state index is 0.111. The Morgan fingerprint density at radius 2 is 1.88 bits per heavy atom. The number of rotatable bonds is 5. The molecule has 34 heavy (non-hydrogen) atoms. The van der Waals surface area contributed by atoms with Gasteiger partial charge < -0.3 is 14.4 Å². The van der Waals surface area contributed by atoms with Crippen LogP contribution in [0.1, 0.15) is 34.9 Å². The van der Waals surface area contributed by atoms with Gasteiger partial charge in [0.2, 0.25) is 0 Å². The molecule has 0 saturated carbocycles. The molecule has 0 bridgehead atoms. The Morgan fingerprint density at radius 1 is 1.12 bits per heavy atom. The fraction of sp³-hybridized carbons (Fsp3) is 0.208. The third-order valence-corrected chi connectivity index (χ3v) is 5.82. The maximum Gasteiger partial charge on any atom is 0.194 e. The average Bonchev–Trinajstić information content (AvgIpc) is 3.52. The number of fused-ring (bicyclic) bond motifs is 1. The van der Waals surface area contributed by atoms with Crippen molar-refractivity contribution in [1.82, 2.24) is 24.3 Å². The zero-order valence-electron chi connectivity index (χ0n) is 18.3. The molecule has 1 N–H and O–H groups in total. The standard InChI is InChI=1S/C24H20F3N5O2/c1-14-12-31(13-28-14)19-5-3-15(9-20(19)34-2)4-6-21-29-23-24(33,7-8-32(23)30-21)16-10-17(25)22(27)18(26)11-16/h3-6,9-13,33H,7-8H2,1-2H3/b6-4+/t24-/m0/s1. The first-order chi connectivity index (χ1) is 16.3. The van der Waals surface area contributed by atoms with Crippen LogP contribution in [0.15, 0.2) is 42.9 Å². The van der Waals surface area contributed by atoms with Gasteiger partial charge in [0.1, 0.15) is 5.75 Å². The number of methoxy groups -OCH3 is 1. The van der Waals surface area contributed by atoms with Crippen LogP contribution in [0.3, 0.4) is 0 Å². The summed E-state index contributed by atoms with van der Waals surface area (Å²) in [6.07, 6.45) is 7.16. The highest BCUT2D eigenvalue weighted by atomic mass is 19.2. The fourth-order valence-corrected chi connectivity index (χ4v) is 4.07. The zero-order chi connectivity index (χ0) is 24.0. The topological polar surface area (TPSA) is 78.0 Å². The van der Waals surface area contributed by atoms with Gasteiger partial charge in [-0.05, 0) is 48.4 Å². The Balaban J connectivity index is 1.43. The molecule has 3 heterocycles. The molecule has 7 nitrogen and oxygen atoms in total. The maximum atomic E-state index is 13.8. The lowest BCUT2D eigenvalue weighted by Crippen LogP contribution is -2.26. The largest absolute Gasteiger partial charge is 0.495 e. The summed E-state index contributed by atoms with van der Waals surface area (Å²) >= 11 is 0. The Kier molecular flexibility index (Phi) is 5.24. The van der Waals surface area contributed by atoms with Crippen LogP contribution in [0.2, 0.25) is 0 Å². The molecule has 0 spiro atoms. The van der Waals surface area contributed by atoms with E-state index in [0.29, 0.717) is 18.1 Å². The molecule has 4 aromatic rings. The van der Waals surface area contributed by atoms with Crippen LogP contribution in [-0.4, -0.2) is 36.5 Å². The predicted octanol–water partition coefficient (Wildman–Crippen LogP) is 4.01. The highest BCUT2D eigenvalue weighted by Gasteiger charge is 2.42. The molecule has 1 aliphatic heterocycles. The third kappa shape index (κ3) is 3.65. The van der Waals surface area contributed by atoms with E-state index in [4.69, 9.17) is 4.74 Å². The van der Waals surface area contributed by atoms with Gasteiger partial charge in [-0.15, -0.1) is 0 Å². The number of hydrogen-bond acceptors (Lipinski definition) is 5. The Labute approximate surface area is 192 Å². The van der Waals surface area contributed by atoms with Crippen LogP contribution in [-0.2, 0) is 12.1 Å². The minimum Gasteiger partial charge on any atom is -0.495 e. The molecule has 5 rings (SSSR count). The van der Waals surface area contributed by atoms with Crippen LogP contribution in [0, 0.1) is 24.4 Å². The molecule has 1 atom stereocenters. The quantitative estimate of drug-likeness (QED) is 0.449. The van der Waals surface area contributed by atoms with Crippen LogP contribution in [0.5, 0.6) is 5.75 Å². The summed E-state index contributed by atoms with van der Waals surface area (Å²) in [5.74, 6) is -3.23. The highest BCUT2D eigenvalue weighted by molar-refractivity contribution is 5.69. The van der Waals surface area contributed by atoms with E-state index < -0.39 is 23.1 Å². The molecule has 1 aliphatic rings. The summed E-state index contributed by atoms with van der Waals surface area (Å²) < 4.78 is 49.7. The molecule has 0 aliphatic carbocycles. The normalized spacial score (nSPS) is 17.5. The van der Waals surface area contributed by atoms with E-state index >= 15 is 0 Å². The third-order valence-electron chi connectivity index (χ3n) is 5.82. The summed E-state index contributed by atoms with van der Waals surface area (Å²) in [6.45, 7) is 2.19. The lowest BCUT2D eigenvalue weighted by atomic mass is 9.91. The van der Waals surface area contributed by atoms with E-state index in [1.165, 1.54) is 4.68 Å². The number of aryl methyl sites for hydroxylation is 2. The first-order valence-electron chi connectivity index (χ1n) is 10.5. The van der Waals surface area contributed by atoms with Crippen molar-refractivity contribution in [3.05, 3.63) is 88.8 Å². The minimum atomic E-state index is -1.78. The van der Waals surface area contributed by atoms with Crippen molar-refractivity contribution < 1.29 is 23.0 Å². The van der Waals surface area contributed by atoms with Gasteiger partial charge in [0, 0.05) is 19.2 Å². The van der Waals surface area contributed by atoms with Gasteiger partial charge in [0.05, 0.1) is 24.8 Å². The lowest BCUT2D eigenvalue weighted by molar-refractivity contribution is 0.0776. The molecule has 2 aromatic heterocycles. The predicted molar refractivity (Wildman–Crippen MR) is 118 cm³/mol. The van der Waals surface area contributed by atoms with E-state index in [2.05, 4.69) is 15.1 Å². The van der Waals surface area contributed by atoms with Crippen LogP contribution in [0.25, 0.3) is 17.8 Å². The number of ether oxygens (including phenoxy) is 1. The Hall–Kier alpha value is -3.92. The van der Waals surface area contributed by atoms with Crippen LogP contribution in [0.4, 0.5) is 13.2 Å².